The largest absolute Gasteiger partial charge is 0.368 e. The van der Waals surface area contributed by atoms with Gasteiger partial charge in [0.1, 0.15) is 0 Å². The number of carbonyl (C=O) groups excluding carboxylic acids is 1. The van der Waals surface area contributed by atoms with Crippen molar-refractivity contribution in [2.45, 2.75) is 31.8 Å². The van der Waals surface area contributed by atoms with Crippen molar-refractivity contribution in [2.75, 3.05) is 26.4 Å². The van der Waals surface area contributed by atoms with E-state index in [1.54, 1.807) is 24.5 Å². The van der Waals surface area contributed by atoms with Crippen molar-refractivity contribution < 1.29 is 4.79 Å². The number of amides is 1. The molecule has 6 nitrogen and oxygen atoms in total. The number of piperidine rings is 1. The lowest BCUT2D eigenvalue weighted by Crippen LogP contribution is -2.37. The lowest BCUT2D eigenvalue weighted by molar-refractivity contribution is -0.129. The van der Waals surface area contributed by atoms with Crippen LogP contribution in [0.3, 0.4) is 0 Å². The molecule has 1 aromatic heterocycles. The Kier molecular flexibility index (Phi) is 6.19. The second-order valence-electron chi connectivity index (χ2n) is 7.23. The van der Waals surface area contributed by atoms with Gasteiger partial charge in [-0.25, -0.2) is 9.97 Å². The van der Waals surface area contributed by atoms with Crippen molar-refractivity contribution in [3.63, 3.8) is 0 Å². The molecule has 0 saturated carbocycles. The molecule has 2 heterocycles. The van der Waals surface area contributed by atoms with Crippen molar-refractivity contribution in [1.82, 2.24) is 19.8 Å². The summed E-state index contributed by atoms with van der Waals surface area (Å²) < 4.78 is 0. The van der Waals surface area contributed by atoms with E-state index in [0.717, 1.165) is 37.9 Å². The minimum absolute atomic E-state index is 0.0221. The molecule has 2 N–H and O–H groups in total. The van der Waals surface area contributed by atoms with Crippen LogP contribution in [-0.4, -0.2) is 46.3 Å². The average molecular weight is 365 g/mol. The highest BCUT2D eigenvalue weighted by atomic mass is 16.2. The third kappa shape index (κ3) is 5.14. The topological polar surface area (TPSA) is 75.3 Å². The third-order valence-corrected chi connectivity index (χ3v) is 4.76. The van der Waals surface area contributed by atoms with Gasteiger partial charge >= 0.3 is 0 Å². The van der Waals surface area contributed by atoms with E-state index in [1.165, 1.54) is 11.1 Å². The molecule has 27 heavy (non-hydrogen) atoms. The first kappa shape index (κ1) is 19.0. The van der Waals surface area contributed by atoms with Crippen molar-refractivity contribution in [3.05, 3.63) is 59.4 Å². The Morgan fingerprint density at radius 1 is 1.22 bits per heavy atom. The zero-order valence-electron chi connectivity index (χ0n) is 16.0. The first-order chi connectivity index (χ1) is 13.0. The van der Waals surface area contributed by atoms with Crippen LogP contribution < -0.4 is 5.73 Å². The van der Waals surface area contributed by atoms with Crippen LogP contribution in [0, 0.1) is 0 Å². The highest BCUT2D eigenvalue weighted by Crippen LogP contribution is 2.31. The standard InChI is InChI=1S/C21H27N5O/c1-25(2)15-16-6-9-18(10-7-16)19-5-3-4-12-26(19)20(27)11-8-17-13-23-21(22)24-14-17/h6-11,13-14,19H,3-5,12,15H2,1-2H3,(H2,22,23,24). The van der Waals surface area contributed by atoms with E-state index in [1.807, 2.05) is 4.90 Å². The number of hydrogen-bond acceptors (Lipinski definition) is 5. The number of hydrogen-bond donors (Lipinski definition) is 1. The molecule has 0 spiro atoms. The van der Waals surface area contributed by atoms with Crippen molar-refractivity contribution in [2.24, 2.45) is 0 Å². The van der Waals surface area contributed by atoms with Gasteiger partial charge in [0.15, 0.2) is 0 Å². The van der Waals surface area contributed by atoms with E-state index in [9.17, 15) is 4.79 Å². The highest BCUT2D eigenvalue weighted by molar-refractivity contribution is 5.92. The zero-order chi connectivity index (χ0) is 19.2. The fourth-order valence-electron chi connectivity index (χ4n) is 3.45. The van der Waals surface area contributed by atoms with Gasteiger partial charge in [0.05, 0.1) is 6.04 Å². The summed E-state index contributed by atoms with van der Waals surface area (Å²) >= 11 is 0. The summed E-state index contributed by atoms with van der Waals surface area (Å²) in [6.45, 7) is 1.70. The smallest absolute Gasteiger partial charge is 0.247 e. The fourth-order valence-corrected chi connectivity index (χ4v) is 3.45. The van der Waals surface area contributed by atoms with Crippen LogP contribution in [0.2, 0.25) is 0 Å². The fraction of sp³-hybridized carbons (Fsp3) is 0.381. The van der Waals surface area contributed by atoms with Gasteiger partial charge in [-0.3, -0.25) is 4.79 Å². The molecule has 1 aromatic carbocycles. The van der Waals surface area contributed by atoms with Gasteiger partial charge in [-0.15, -0.1) is 0 Å². The highest BCUT2D eigenvalue weighted by Gasteiger charge is 2.26. The molecule has 0 bridgehead atoms. The maximum Gasteiger partial charge on any atom is 0.247 e. The molecule has 0 radical (unpaired) electrons. The quantitative estimate of drug-likeness (QED) is 0.825. The number of rotatable bonds is 5. The first-order valence-corrected chi connectivity index (χ1v) is 9.32. The van der Waals surface area contributed by atoms with Gasteiger partial charge in [0.25, 0.3) is 0 Å². The van der Waals surface area contributed by atoms with E-state index in [4.69, 9.17) is 5.73 Å². The molecule has 1 fully saturated rings. The number of likely N-dealkylation sites (tertiary alicyclic amines) is 1. The number of nitrogens with two attached hydrogens (primary N) is 1. The van der Waals surface area contributed by atoms with Gasteiger partial charge < -0.3 is 15.5 Å². The number of aromatic nitrogens is 2. The van der Waals surface area contributed by atoms with Crippen LogP contribution in [0.25, 0.3) is 6.08 Å². The summed E-state index contributed by atoms with van der Waals surface area (Å²) in [4.78, 5) is 24.8. The molecule has 1 amide bonds. The molecule has 3 rings (SSSR count). The van der Waals surface area contributed by atoms with E-state index in [-0.39, 0.29) is 17.9 Å². The molecule has 1 atom stereocenters. The second-order valence-corrected chi connectivity index (χ2v) is 7.23. The number of nitrogens with zero attached hydrogens (tertiary/aromatic N) is 4. The van der Waals surface area contributed by atoms with Crippen molar-refractivity contribution >= 4 is 17.9 Å². The number of anilines is 1. The van der Waals surface area contributed by atoms with E-state index >= 15 is 0 Å². The Morgan fingerprint density at radius 2 is 1.93 bits per heavy atom. The van der Waals surface area contributed by atoms with Gasteiger partial charge in [0.2, 0.25) is 11.9 Å². The van der Waals surface area contributed by atoms with Crippen LogP contribution >= 0.6 is 0 Å². The molecule has 0 aliphatic carbocycles. The molecular formula is C21H27N5O. The van der Waals surface area contributed by atoms with Gasteiger partial charge in [-0.05, 0) is 50.6 Å². The molecule has 1 unspecified atom stereocenters. The Morgan fingerprint density at radius 3 is 2.59 bits per heavy atom. The monoisotopic (exact) mass is 365 g/mol. The molecule has 1 aliphatic rings. The third-order valence-electron chi connectivity index (χ3n) is 4.76. The number of benzene rings is 1. The predicted octanol–water partition coefficient (Wildman–Crippen LogP) is 2.89. The maximum absolute atomic E-state index is 12.8. The Hall–Kier alpha value is -2.73. The molecule has 6 heteroatoms. The van der Waals surface area contributed by atoms with Crippen molar-refractivity contribution in [3.8, 4) is 0 Å². The van der Waals surface area contributed by atoms with E-state index in [2.05, 4.69) is 53.2 Å². The van der Waals surface area contributed by atoms with E-state index in [0.29, 0.717) is 0 Å². The summed E-state index contributed by atoms with van der Waals surface area (Å²) in [5, 5.41) is 0. The van der Waals surface area contributed by atoms with Crippen molar-refractivity contribution in [1.29, 1.82) is 0 Å². The predicted molar refractivity (Wildman–Crippen MR) is 108 cm³/mol. The number of nitrogen functional groups attached to an aromatic ring is 1. The summed E-state index contributed by atoms with van der Waals surface area (Å²) in [5.41, 5.74) is 8.74. The summed E-state index contributed by atoms with van der Waals surface area (Å²) in [6.07, 6.45) is 9.76. The number of carbonyl (C=O) groups is 1. The molecule has 1 saturated heterocycles. The molecule has 142 valence electrons. The molecule has 2 aromatic rings. The molecular weight excluding hydrogens is 338 g/mol. The SMILES string of the molecule is CN(C)Cc1ccc(C2CCCCN2C(=O)C=Cc2cnc(N)nc2)cc1. The Labute approximate surface area is 160 Å². The molecule has 1 aliphatic heterocycles. The van der Waals surface area contributed by atoms with Crippen LogP contribution in [0.15, 0.2) is 42.7 Å². The van der Waals surface area contributed by atoms with Crippen LogP contribution in [0.1, 0.15) is 42.0 Å². The summed E-state index contributed by atoms with van der Waals surface area (Å²) in [5.74, 6) is 0.251. The van der Waals surface area contributed by atoms with E-state index < -0.39 is 0 Å². The Bertz CT molecular complexity index is 783. The lowest BCUT2D eigenvalue weighted by atomic mass is 9.94. The summed E-state index contributed by atoms with van der Waals surface area (Å²) in [6, 6.07) is 8.77. The minimum atomic E-state index is 0.0221. The van der Waals surface area contributed by atoms with Crippen LogP contribution in [0.4, 0.5) is 5.95 Å². The maximum atomic E-state index is 12.8. The normalized spacial score (nSPS) is 17.6. The summed E-state index contributed by atoms with van der Waals surface area (Å²) in [7, 11) is 4.13. The van der Waals surface area contributed by atoms with Gasteiger partial charge in [-0.2, -0.15) is 0 Å². The first-order valence-electron chi connectivity index (χ1n) is 9.32. The Balaban J connectivity index is 1.72. The van der Waals surface area contributed by atoms with Gasteiger partial charge in [0, 0.05) is 37.1 Å². The zero-order valence-corrected chi connectivity index (χ0v) is 16.0. The second kappa shape index (κ2) is 8.77. The van der Waals surface area contributed by atoms with Crippen LogP contribution in [-0.2, 0) is 11.3 Å². The minimum Gasteiger partial charge on any atom is -0.368 e. The van der Waals surface area contributed by atoms with Crippen LogP contribution in [0.5, 0.6) is 0 Å². The average Bonchev–Trinajstić information content (AvgIpc) is 2.67. The lowest BCUT2D eigenvalue weighted by Gasteiger charge is -2.35. The van der Waals surface area contributed by atoms with Gasteiger partial charge in [-0.1, -0.05) is 24.3 Å².